The third-order valence-corrected chi connectivity index (χ3v) is 2.56. The lowest BCUT2D eigenvalue weighted by Crippen LogP contribution is -2.05. The largest absolute Gasteiger partial charge is 0.470 e. The molecule has 1 heterocycles. The number of hydrogen-bond donors (Lipinski definition) is 0. The first-order chi connectivity index (χ1) is 7.77. The molecule has 1 aromatic heterocycles. The van der Waals surface area contributed by atoms with Gasteiger partial charge in [-0.05, 0) is 31.0 Å². The minimum absolute atomic E-state index is 0.0242. The topological polar surface area (TPSA) is 22.1 Å². The van der Waals surface area contributed by atoms with Gasteiger partial charge in [-0.2, -0.15) is 0 Å². The van der Waals surface area contributed by atoms with Gasteiger partial charge in [-0.1, -0.05) is 30.3 Å². The Bertz CT molecular complexity index is 453. The SMILES string of the molecule is Cc1ccccc1C(C)Oc1ccccn1. The highest BCUT2D eigenvalue weighted by molar-refractivity contribution is 5.28. The molecule has 0 fully saturated rings. The van der Waals surface area contributed by atoms with Crippen molar-refractivity contribution >= 4 is 0 Å². The highest BCUT2D eigenvalue weighted by Gasteiger charge is 2.09. The molecule has 82 valence electrons. The fourth-order valence-corrected chi connectivity index (χ4v) is 1.70. The molecule has 1 aromatic carbocycles. The van der Waals surface area contributed by atoms with E-state index in [0.717, 1.165) is 0 Å². The molecule has 2 nitrogen and oxygen atoms in total. The maximum atomic E-state index is 5.77. The highest BCUT2D eigenvalue weighted by Crippen LogP contribution is 2.22. The van der Waals surface area contributed by atoms with Crippen molar-refractivity contribution in [1.82, 2.24) is 4.98 Å². The van der Waals surface area contributed by atoms with Gasteiger partial charge < -0.3 is 4.74 Å². The molecular weight excluding hydrogens is 198 g/mol. The van der Waals surface area contributed by atoms with Crippen molar-refractivity contribution in [3.05, 3.63) is 59.8 Å². The Kier molecular flexibility index (Phi) is 3.20. The molecule has 0 saturated carbocycles. The molecule has 16 heavy (non-hydrogen) atoms. The van der Waals surface area contributed by atoms with Crippen molar-refractivity contribution in [2.75, 3.05) is 0 Å². The van der Waals surface area contributed by atoms with Crippen LogP contribution in [0, 0.1) is 6.92 Å². The minimum Gasteiger partial charge on any atom is -0.470 e. The molecule has 1 unspecified atom stereocenters. The number of ether oxygens (including phenoxy) is 1. The van der Waals surface area contributed by atoms with E-state index in [0.29, 0.717) is 5.88 Å². The summed E-state index contributed by atoms with van der Waals surface area (Å²) in [6, 6.07) is 13.9. The third-order valence-electron chi connectivity index (χ3n) is 2.56. The summed E-state index contributed by atoms with van der Waals surface area (Å²) in [7, 11) is 0. The van der Waals surface area contributed by atoms with Crippen LogP contribution >= 0.6 is 0 Å². The standard InChI is InChI=1S/C14H15NO/c1-11-7-3-4-8-13(11)12(2)16-14-9-5-6-10-15-14/h3-10,12H,1-2H3. The van der Waals surface area contributed by atoms with Gasteiger partial charge in [0.05, 0.1) is 0 Å². The zero-order valence-corrected chi connectivity index (χ0v) is 9.55. The van der Waals surface area contributed by atoms with Crippen molar-refractivity contribution in [3.8, 4) is 5.88 Å². The first-order valence-electron chi connectivity index (χ1n) is 5.40. The molecule has 0 aliphatic rings. The van der Waals surface area contributed by atoms with Crippen LogP contribution in [0.3, 0.4) is 0 Å². The number of hydrogen-bond acceptors (Lipinski definition) is 2. The van der Waals surface area contributed by atoms with Crippen LogP contribution in [0.2, 0.25) is 0 Å². The summed E-state index contributed by atoms with van der Waals surface area (Å²) in [5.74, 6) is 0.665. The molecule has 0 radical (unpaired) electrons. The van der Waals surface area contributed by atoms with Crippen molar-refractivity contribution in [2.24, 2.45) is 0 Å². The number of benzene rings is 1. The van der Waals surface area contributed by atoms with E-state index >= 15 is 0 Å². The van der Waals surface area contributed by atoms with Gasteiger partial charge in [-0.3, -0.25) is 0 Å². The number of aryl methyl sites for hydroxylation is 1. The molecule has 0 amide bonds. The lowest BCUT2D eigenvalue weighted by molar-refractivity contribution is 0.217. The molecule has 0 N–H and O–H groups in total. The van der Waals surface area contributed by atoms with Crippen molar-refractivity contribution < 1.29 is 4.74 Å². The molecule has 0 aliphatic heterocycles. The van der Waals surface area contributed by atoms with Crippen LogP contribution in [0.4, 0.5) is 0 Å². The van der Waals surface area contributed by atoms with Gasteiger partial charge in [0.15, 0.2) is 0 Å². The van der Waals surface area contributed by atoms with Crippen LogP contribution in [0.25, 0.3) is 0 Å². The zero-order chi connectivity index (χ0) is 11.4. The van der Waals surface area contributed by atoms with Crippen LogP contribution in [-0.2, 0) is 0 Å². The molecule has 2 rings (SSSR count). The lowest BCUT2D eigenvalue weighted by atomic mass is 10.0. The van der Waals surface area contributed by atoms with Crippen LogP contribution < -0.4 is 4.74 Å². The van der Waals surface area contributed by atoms with Gasteiger partial charge in [0.1, 0.15) is 6.10 Å². The fraction of sp³-hybridized carbons (Fsp3) is 0.214. The summed E-state index contributed by atoms with van der Waals surface area (Å²) >= 11 is 0. The Hall–Kier alpha value is -1.83. The minimum atomic E-state index is 0.0242. The second kappa shape index (κ2) is 4.79. The Balaban J connectivity index is 2.15. The van der Waals surface area contributed by atoms with Crippen LogP contribution in [0.1, 0.15) is 24.2 Å². The lowest BCUT2D eigenvalue weighted by Gasteiger charge is -2.15. The second-order valence-electron chi connectivity index (χ2n) is 3.78. The summed E-state index contributed by atoms with van der Waals surface area (Å²) < 4.78 is 5.77. The monoisotopic (exact) mass is 213 g/mol. The smallest absolute Gasteiger partial charge is 0.213 e. The van der Waals surface area contributed by atoms with Gasteiger partial charge in [0, 0.05) is 12.3 Å². The Labute approximate surface area is 95.9 Å². The van der Waals surface area contributed by atoms with Gasteiger partial charge in [0.25, 0.3) is 0 Å². The van der Waals surface area contributed by atoms with Gasteiger partial charge >= 0.3 is 0 Å². The summed E-state index contributed by atoms with van der Waals surface area (Å²) in [6.07, 6.45) is 1.76. The van der Waals surface area contributed by atoms with Gasteiger partial charge in [-0.25, -0.2) is 4.98 Å². The number of aromatic nitrogens is 1. The summed E-state index contributed by atoms with van der Waals surface area (Å²) in [5, 5.41) is 0. The maximum Gasteiger partial charge on any atom is 0.213 e. The molecule has 0 spiro atoms. The first kappa shape index (κ1) is 10.7. The van der Waals surface area contributed by atoms with Crippen LogP contribution in [0.5, 0.6) is 5.88 Å². The Morgan fingerprint density at radius 1 is 1.06 bits per heavy atom. The number of rotatable bonds is 3. The predicted molar refractivity (Wildman–Crippen MR) is 64.5 cm³/mol. The molecule has 0 saturated heterocycles. The van der Waals surface area contributed by atoms with E-state index in [1.807, 2.05) is 37.3 Å². The molecule has 2 heteroatoms. The van der Waals surface area contributed by atoms with E-state index in [1.165, 1.54) is 11.1 Å². The molecule has 0 aliphatic carbocycles. The maximum absolute atomic E-state index is 5.77. The first-order valence-corrected chi connectivity index (χ1v) is 5.40. The summed E-state index contributed by atoms with van der Waals surface area (Å²) in [5.41, 5.74) is 2.44. The third kappa shape index (κ3) is 2.40. The van der Waals surface area contributed by atoms with Crippen LogP contribution in [-0.4, -0.2) is 4.98 Å². The molecule has 2 aromatic rings. The quantitative estimate of drug-likeness (QED) is 0.778. The summed E-state index contributed by atoms with van der Waals surface area (Å²) in [4.78, 5) is 4.15. The average molecular weight is 213 g/mol. The number of nitrogens with zero attached hydrogens (tertiary/aromatic N) is 1. The zero-order valence-electron chi connectivity index (χ0n) is 9.55. The van der Waals surface area contributed by atoms with Gasteiger partial charge in [0.2, 0.25) is 5.88 Å². The van der Waals surface area contributed by atoms with Gasteiger partial charge in [-0.15, -0.1) is 0 Å². The van der Waals surface area contributed by atoms with Crippen molar-refractivity contribution in [1.29, 1.82) is 0 Å². The fourth-order valence-electron chi connectivity index (χ4n) is 1.70. The summed E-state index contributed by atoms with van der Waals surface area (Å²) in [6.45, 7) is 4.13. The van der Waals surface area contributed by atoms with Crippen molar-refractivity contribution in [2.45, 2.75) is 20.0 Å². The van der Waals surface area contributed by atoms with Crippen LogP contribution in [0.15, 0.2) is 48.7 Å². The normalized spacial score (nSPS) is 12.1. The van der Waals surface area contributed by atoms with E-state index in [1.54, 1.807) is 6.20 Å². The molecule has 1 atom stereocenters. The molecular formula is C14H15NO. The average Bonchev–Trinajstić information content (AvgIpc) is 2.31. The van der Waals surface area contributed by atoms with E-state index in [-0.39, 0.29) is 6.10 Å². The van der Waals surface area contributed by atoms with E-state index < -0.39 is 0 Å². The Morgan fingerprint density at radius 3 is 2.50 bits per heavy atom. The van der Waals surface area contributed by atoms with E-state index in [4.69, 9.17) is 4.74 Å². The second-order valence-corrected chi connectivity index (χ2v) is 3.78. The Morgan fingerprint density at radius 2 is 1.81 bits per heavy atom. The van der Waals surface area contributed by atoms with E-state index in [9.17, 15) is 0 Å². The molecule has 0 bridgehead atoms. The van der Waals surface area contributed by atoms with E-state index in [2.05, 4.69) is 24.0 Å². The number of pyridine rings is 1. The van der Waals surface area contributed by atoms with Crippen molar-refractivity contribution in [3.63, 3.8) is 0 Å². The highest BCUT2D eigenvalue weighted by atomic mass is 16.5. The predicted octanol–water partition coefficient (Wildman–Crippen LogP) is 3.53.